The third-order valence-corrected chi connectivity index (χ3v) is 5.06. The minimum Gasteiger partial charge on any atom is -0.481 e. The molecule has 1 aromatic carbocycles. The first-order valence-corrected chi connectivity index (χ1v) is 9.90. The van der Waals surface area contributed by atoms with Crippen molar-refractivity contribution in [3.8, 4) is 0 Å². The zero-order valence-corrected chi connectivity index (χ0v) is 17.5. The molecule has 10 nitrogen and oxygen atoms in total. The number of nitrogen functional groups attached to an aromatic ring is 1. The number of halogens is 3. The summed E-state index contributed by atoms with van der Waals surface area (Å²) in [5.41, 5.74) is 3.23. The predicted molar refractivity (Wildman–Crippen MR) is 108 cm³/mol. The van der Waals surface area contributed by atoms with Crippen LogP contribution in [0.15, 0.2) is 18.2 Å². The molecule has 1 heterocycles. The first-order valence-electron chi connectivity index (χ1n) is 9.90. The van der Waals surface area contributed by atoms with Crippen molar-refractivity contribution < 1.29 is 42.3 Å². The summed E-state index contributed by atoms with van der Waals surface area (Å²) in [5, 5.41) is 13.3. The molecule has 13 heteroatoms. The average molecular weight is 472 g/mol. The number of carboxylic acids is 1. The van der Waals surface area contributed by atoms with Crippen LogP contribution in [-0.2, 0) is 25.4 Å². The molecule has 1 aliphatic heterocycles. The highest BCUT2D eigenvalue weighted by atomic mass is 19.4. The number of benzene rings is 1. The molecule has 0 bridgehead atoms. The highest BCUT2D eigenvalue weighted by molar-refractivity contribution is 5.99. The SMILES string of the molecule is CC(NC(=O)c1ccc(N)c(C(F)(F)F)c1)C(=O)N1CCC[C@H]1C(=O)NC(C=O)CC(=O)O. The summed E-state index contributed by atoms with van der Waals surface area (Å²) in [7, 11) is 0. The van der Waals surface area contributed by atoms with E-state index in [2.05, 4.69) is 10.6 Å². The van der Waals surface area contributed by atoms with E-state index < -0.39 is 65.7 Å². The fraction of sp³-hybridized carbons (Fsp3) is 0.450. The zero-order valence-electron chi connectivity index (χ0n) is 17.5. The van der Waals surface area contributed by atoms with Crippen LogP contribution in [-0.4, -0.2) is 64.7 Å². The van der Waals surface area contributed by atoms with E-state index in [1.165, 1.54) is 11.8 Å². The summed E-state index contributed by atoms with van der Waals surface area (Å²) in [6.07, 6.45) is -4.41. The Morgan fingerprint density at radius 1 is 1.27 bits per heavy atom. The lowest BCUT2D eigenvalue weighted by molar-refractivity contribution is -0.141. The van der Waals surface area contributed by atoms with E-state index in [0.717, 1.165) is 12.1 Å². The van der Waals surface area contributed by atoms with E-state index in [-0.39, 0.29) is 24.8 Å². The Kier molecular flexibility index (Phi) is 8.01. The van der Waals surface area contributed by atoms with Crippen LogP contribution in [0.1, 0.15) is 42.1 Å². The normalized spacial score (nSPS) is 17.7. The predicted octanol–water partition coefficient (Wildman–Crippen LogP) is 0.555. The molecule has 1 saturated heterocycles. The number of hydrogen-bond donors (Lipinski definition) is 4. The molecule has 3 amide bonds. The number of nitrogens with zero attached hydrogens (tertiary/aromatic N) is 1. The number of likely N-dealkylation sites (tertiary alicyclic amines) is 1. The second kappa shape index (κ2) is 10.3. The van der Waals surface area contributed by atoms with E-state index in [4.69, 9.17) is 10.8 Å². The second-order valence-corrected chi connectivity index (χ2v) is 7.53. The Balaban J connectivity index is 2.08. The fourth-order valence-corrected chi connectivity index (χ4v) is 3.44. The van der Waals surface area contributed by atoms with Crippen LogP contribution in [0.5, 0.6) is 0 Å². The number of aldehydes is 1. The molecule has 1 aromatic rings. The van der Waals surface area contributed by atoms with E-state index in [9.17, 15) is 37.1 Å². The Morgan fingerprint density at radius 3 is 2.52 bits per heavy atom. The Labute approximate surface area is 186 Å². The van der Waals surface area contributed by atoms with Crippen molar-refractivity contribution in [2.75, 3.05) is 12.3 Å². The molecular formula is C20H23F3N4O6. The summed E-state index contributed by atoms with van der Waals surface area (Å²) in [6, 6.07) is -0.828. The maximum absolute atomic E-state index is 13.0. The van der Waals surface area contributed by atoms with Crippen molar-refractivity contribution in [2.24, 2.45) is 0 Å². The van der Waals surface area contributed by atoms with E-state index in [1.54, 1.807) is 0 Å². The minimum atomic E-state index is -4.77. The molecule has 5 N–H and O–H groups in total. The van der Waals surface area contributed by atoms with Gasteiger partial charge in [-0.1, -0.05) is 0 Å². The molecule has 1 fully saturated rings. The molecule has 0 spiro atoms. The van der Waals surface area contributed by atoms with Crippen molar-refractivity contribution in [1.82, 2.24) is 15.5 Å². The molecule has 180 valence electrons. The molecule has 1 aliphatic rings. The van der Waals surface area contributed by atoms with Gasteiger partial charge in [0, 0.05) is 17.8 Å². The quantitative estimate of drug-likeness (QED) is 0.318. The number of carbonyl (C=O) groups is 5. The van der Waals surface area contributed by atoms with Crippen LogP contribution >= 0.6 is 0 Å². The molecule has 0 saturated carbocycles. The lowest BCUT2D eigenvalue weighted by Gasteiger charge is -2.28. The monoisotopic (exact) mass is 472 g/mol. The average Bonchev–Trinajstić information content (AvgIpc) is 3.21. The van der Waals surface area contributed by atoms with Crippen LogP contribution in [0.3, 0.4) is 0 Å². The van der Waals surface area contributed by atoms with Gasteiger partial charge < -0.3 is 31.2 Å². The molecule has 33 heavy (non-hydrogen) atoms. The van der Waals surface area contributed by atoms with Crippen LogP contribution in [0.2, 0.25) is 0 Å². The van der Waals surface area contributed by atoms with Crippen molar-refractivity contribution in [2.45, 2.75) is 50.5 Å². The summed E-state index contributed by atoms with van der Waals surface area (Å²) in [4.78, 5) is 60.6. The van der Waals surface area contributed by atoms with E-state index >= 15 is 0 Å². The zero-order chi connectivity index (χ0) is 24.9. The van der Waals surface area contributed by atoms with E-state index in [0.29, 0.717) is 12.5 Å². The maximum atomic E-state index is 13.0. The summed E-state index contributed by atoms with van der Waals surface area (Å²) < 4.78 is 39.1. The topological polar surface area (TPSA) is 159 Å². The highest BCUT2D eigenvalue weighted by Gasteiger charge is 2.38. The molecule has 2 rings (SSSR count). The number of aliphatic carboxylic acids is 1. The summed E-state index contributed by atoms with van der Waals surface area (Å²) in [6.45, 7) is 1.48. The first-order chi connectivity index (χ1) is 15.3. The molecular weight excluding hydrogens is 449 g/mol. The van der Waals surface area contributed by atoms with Gasteiger partial charge >= 0.3 is 12.1 Å². The van der Waals surface area contributed by atoms with Gasteiger partial charge in [0.05, 0.1) is 18.0 Å². The lowest BCUT2D eigenvalue weighted by Crippen LogP contribution is -2.54. The van der Waals surface area contributed by atoms with E-state index in [1.807, 2.05) is 0 Å². The minimum absolute atomic E-state index is 0.169. The number of rotatable bonds is 8. The van der Waals surface area contributed by atoms with Crippen molar-refractivity contribution >= 4 is 35.7 Å². The standard InChI is InChI=1S/C20H23F3N4O6/c1-10(25-17(31)11-4-5-14(24)13(7-11)20(21,22)23)19(33)27-6-2-3-15(27)18(32)26-12(9-28)8-16(29)30/h4-5,7,9-10,12,15H,2-3,6,8,24H2,1H3,(H,25,31)(H,26,32)(H,29,30)/t10?,12?,15-/m0/s1. The molecule has 0 aromatic heterocycles. The summed E-state index contributed by atoms with van der Waals surface area (Å²) >= 11 is 0. The largest absolute Gasteiger partial charge is 0.481 e. The van der Waals surface area contributed by atoms with Gasteiger partial charge in [0.1, 0.15) is 18.4 Å². The molecule has 2 unspecified atom stereocenters. The Morgan fingerprint density at radius 2 is 1.94 bits per heavy atom. The number of nitrogens with one attached hydrogen (secondary N) is 2. The Hall–Kier alpha value is -3.64. The van der Waals surface area contributed by atoms with Crippen LogP contribution in [0.4, 0.5) is 18.9 Å². The van der Waals surface area contributed by atoms with Gasteiger partial charge in [-0.2, -0.15) is 13.2 Å². The number of hydrogen-bond acceptors (Lipinski definition) is 6. The highest BCUT2D eigenvalue weighted by Crippen LogP contribution is 2.34. The third kappa shape index (κ3) is 6.43. The number of carbonyl (C=O) groups excluding carboxylic acids is 4. The van der Waals surface area contributed by atoms with Gasteiger partial charge in [0.15, 0.2) is 0 Å². The van der Waals surface area contributed by atoms with Crippen molar-refractivity contribution in [1.29, 1.82) is 0 Å². The van der Waals surface area contributed by atoms with Crippen molar-refractivity contribution in [3.63, 3.8) is 0 Å². The molecule has 3 atom stereocenters. The number of nitrogens with two attached hydrogens (primary N) is 1. The van der Waals surface area contributed by atoms with Crippen LogP contribution in [0, 0.1) is 0 Å². The van der Waals surface area contributed by atoms with Gasteiger partial charge in [-0.3, -0.25) is 19.2 Å². The van der Waals surface area contributed by atoms with Gasteiger partial charge in [-0.15, -0.1) is 0 Å². The molecule has 0 aliphatic carbocycles. The third-order valence-electron chi connectivity index (χ3n) is 5.06. The maximum Gasteiger partial charge on any atom is 0.418 e. The molecule has 0 radical (unpaired) electrons. The smallest absolute Gasteiger partial charge is 0.418 e. The van der Waals surface area contributed by atoms with Gasteiger partial charge in [0.25, 0.3) is 5.91 Å². The second-order valence-electron chi connectivity index (χ2n) is 7.53. The first kappa shape index (κ1) is 25.6. The fourth-order valence-electron chi connectivity index (χ4n) is 3.44. The number of alkyl halides is 3. The number of anilines is 1. The number of amides is 3. The van der Waals surface area contributed by atoms with Crippen molar-refractivity contribution in [3.05, 3.63) is 29.3 Å². The Bertz CT molecular complexity index is 952. The van der Waals surface area contributed by atoms with Gasteiger partial charge in [-0.25, -0.2) is 0 Å². The van der Waals surface area contributed by atoms with Gasteiger partial charge in [-0.05, 0) is 38.0 Å². The summed E-state index contributed by atoms with van der Waals surface area (Å²) in [5.74, 6) is -3.61. The lowest BCUT2D eigenvalue weighted by atomic mass is 10.1. The van der Waals surface area contributed by atoms with Crippen LogP contribution in [0.25, 0.3) is 0 Å². The number of carboxylic acid groups (broad SMARTS) is 1. The van der Waals surface area contributed by atoms with Gasteiger partial charge in [0.2, 0.25) is 11.8 Å². The van der Waals surface area contributed by atoms with Crippen LogP contribution < -0.4 is 16.4 Å².